The number of ether oxygens (including phenoxy) is 1. The Morgan fingerprint density at radius 2 is 1.94 bits per heavy atom. The van der Waals surface area contributed by atoms with Crippen molar-refractivity contribution in [1.29, 1.82) is 0 Å². The molecule has 1 aromatic rings. The molecule has 2 atom stereocenters. The third-order valence-electron chi connectivity index (χ3n) is 2.38. The van der Waals surface area contributed by atoms with Gasteiger partial charge in [0.05, 0.1) is 18.8 Å². The Bertz CT molecular complexity index is 321. The van der Waals surface area contributed by atoms with E-state index in [0.29, 0.717) is 5.75 Å². The Hall–Kier alpha value is -0.650. The summed E-state index contributed by atoms with van der Waals surface area (Å²) < 4.78 is 29.7. The van der Waals surface area contributed by atoms with E-state index in [1.54, 1.807) is 0 Å². The predicted molar refractivity (Wildman–Crippen MR) is 66.8 cm³/mol. The van der Waals surface area contributed by atoms with E-state index in [4.69, 9.17) is 10.5 Å². The van der Waals surface area contributed by atoms with Crippen molar-refractivity contribution in [2.45, 2.75) is 17.0 Å². The molecule has 0 heterocycles. The van der Waals surface area contributed by atoms with E-state index < -0.39 is 18.8 Å². The number of rotatable bonds is 7. The van der Waals surface area contributed by atoms with E-state index in [2.05, 4.69) is 0 Å². The van der Waals surface area contributed by atoms with Crippen LogP contribution in [0.2, 0.25) is 0 Å². The molecule has 1 rings (SSSR count). The SMILES string of the molecule is CO[C@H](c1ccc(SCCF)cc1)[C@H](N)CF. The standard InChI is InChI=1S/C12H17F2NOS/c1-16-12(11(15)8-14)9-2-4-10(5-3-9)17-7-6-13/h2-5,11-12H,6-8,15H2,1H3/t11-,12-/m1/s1. The van der Waals surface area contributed by atoms with Crippen molar-refractivity contribution < 1.29 is 13.5 Å². The van der Waals surface area contributed by atoms with E-state index in [0.717, 1.165) is 10.5 Å². The Kier molecular flexibility index (Phi) is 6.47. The third-order valence-corrected chi connectivity index (χ3v) is 3.34. The maximum atomic E-state index is 12.5. The lowest BCUT2D eigenvalue weighted by Crippen LogP contribution is -2.31. The number of thioether (sulfide) groups is 1. The fourth-order valence-electron chi connectivity index (χ4n) is 1.55. The molecule has 0 saturated heterocycles. The highest BCUT2D eigenvalue weighted by Crippen LogP contribution is 2.24. The number of alkyl halides is 2. The summed E-state index contributed by atoms with van der Waals surface area (Å²) in [6.07, 6.45) is -0.444. The Balaban J connectivity index is 2.71. The molecule has 17 heavy (non-hydrogen) atoms. The van der Waals surface area contributed by atoms with E-state index in [-0.39, 0.29) is 6.67 Å². The second-order valence-corrected chi connectivity index (χ2v) is 4.75. The van der Waals surface area contributed by atoms with E-state index in [1.165, 1.54) is 18.9 Å². The van der Waals surface area contributed by atoms with E-state index >= 15 is 0 Å². The van der Waals surface area contributed by atoms with Crippen LogP contribution < -0.4 is 5.73 Å². The Morgan fingerprint density at radius 1 is 1.29 bits per heavy atom. The summed E-state index contributed by atoms with van der Waals surface area (Å²) >= 11 is 1.44. The largest absolute Gasteiger partial charge is 0.375 e. The highest BCUT2D eigenvalue weighted by Gasteiger charge is 2.18. The first-order valence-electron chi connectivity index (χ1n) is 5.36. The summed E-state index contributed by atoms with van der Waals surface area (Å²) in [5.41, 5.74) is 6.46. The van der Waals surface area contributed by atoms with Crippen molar-refractivity contribution in [3.05, 3.63) is 29.8 Å². The number of hydrogen-bond donors (Lipinski definition) is 1. The van der Waals surface area contributed by atoms with Gasteiger partial charge in [-0.1, -0.05) is 12.1 Å². The molecule has 0 radical (unpaired) electrons. The summed E-state index contributed by atoms with van der Waals surface area (Å²) in [6.45, 7) is -0.975. The first-order valence-corrected chi connectivity index (χ1v) is 6.34. The van der Waals surface area contributed by atoms with Crippen molar-refractivity contribution in [2.24, 2.45) is 5.73 Å². The summed E-state index contributed by atoms with van der Waals surface area (Å²) in [5, 5.41) is 0. The van der Waals surface area contributed by atoms with Gasteiger partial charge in [0.25, 0.3) is 0 Å². The van der Waals surface area contributed by atoms with Gasteiger partial charge in [-0.3, -0.25) is 4.39 Å². The fourth-order valence-corrected chi connectivity index (χ4v) is 2.19. The maximum absolute atomic E-state index is 12.5. The molecule has 0 aliphatic rings. The van der Waals surface area contributed by atoms with Gasteiger partial charge in [0.15, 0.2) is 0 Å². The lowest BCUT2D eigenvalue weighted by atomic mass is 10.0. The first kappa shape index (κ1) is 14.4. The van der Waals surface area contributed by atoms with Crippen LogP contribution in [-0.2, 0) is 4.74 Å². The normalized spacial score (nSPS) is 14.6. The van der Waals surface area contributed by atoms with Gasteiger partial charge in [-0.25, -0.2) is 4.39 Å². The molecule has 96 valence electrons. The lowest BCUT2D eigenvalue weighted by molar-refractivity contribution is 0.0720. The number of halogens is 2. The van der Waals surface area contributed by atoms with Crippen LogP contribution in [-0.4, -0.2) is 32.3 Å². The molecule has 0 saturated carbocycles. The number of nitrogens with two attached hydrogens (primary N) is 1. The minimum absolute atomic E-state index is 0.347. The highest BCUT2D eigenvalue weighted by molar-refractivity contribution is 7.99. The summed E-state index contributed by atoms with van der Waals surface area (Å²) in [6, 6.07) is 6.75. The third kappa shape index (κ3) is 4.26. The topological polar surface area (TPSA) is 35.2 Å². The second kappa shape index (κ2) is 7.63. The quantitative estimate of drug-likeness (QED) is 0.767. The first-order chi connectivity index (χ1) is 8.22. The van der Waals surface area contributed by atoms with Crippen LogP contribution in [0, 0.1) is 0 Å². The molecule has 0 bridgehead atoms. The van der Waals surface area contributed by atoms with Gasteiger partial charge < -0.3 is 10.5 Å². The Morgan fingerprint density at radius 3 is 2.41 bits per heavy atom. The van der Waals surface area contributed by atoms with Crippen LogP contribution in [0.5, 0.6) is 0 Å². The summed E-state index contributed by atoms with van der Waals surface area (Å²) in [4.78, 5) is 0.982. The van der Waals surface area contributed by atoms with Crippen LogP contribution in [0.3, 0.4) is 0 Å². The molecular formula is C12H17F2NOS. The van der Waals surface area contributed by atoms with Gasteiger partial charge in [0, 0.05) is 17.8 Å². The predicted octanol–water partition coefficient (Wildman–Crippen LogP) is 2.73. The molecule has 1 aromatic carbocycles. The fraction of sp³-hybridized carbons (Fsp3) is 0.500. The molecule has 5 heteroatoms. The minimum atomic E-state index is -0.663. The molecule has 2 N–H and O–H groups in total. The molecular weight excluding hydrogens is 244 g/mol. The van der Waals surface area contributed by atoms with Gasteiger partial charge in [-0.2, -0.15) is 0 Å². The average Bonchev–Trinajstić information content (AvgIpc) is 2.38. The zero-order valence-corrected chi connectivity index (χ0v) is 10.6. The monoisotopic (exact) mass is 261 g/mol. The maximum Gasteiger partial charge on any atom is 0.107 e. The zero-order valence-electron chi connectivity index (χ0n) is 9.74. The molecule has 2 nitrogen and oxygen atoms in total. The van der Waals surface area contributed by atoms with Crippen molar-refractivity contribution in [1.82, 2.24) is 0 Å². The van der Waals surface area contributed by atoms with Crippen LogP contribution in [0.4, 0.5) is 8.78 Å². The van der Waals surface area contributed by atoms with Crippen molar-refractivity contribution in [3.8, 4) is 0 Å². The average molecular weight is 261 g/mol. The van der Waals surface area contributed by atoms with Gasteiger partial charge in [0.2, 0.25) is 0 Å². The molecule has 0 unspecified atom stereocenters. The molecule has 0 fully saturated rings. The summed E-state index contributed by atoms with van der Waals surface area (Å²) in [5.74, 6) is 0.442. The highest BCUT2D eigenvalue weighted by atomic mass is 32.2. The van der Waals surface area contributed by atoms with Crippen LogP contribution in [0.25, 0.3) is 0 Å². The second-order valence-electron chi connectivity index (χ2n) is 3.58. The van der Waals surface area contributed by atoms with Gasteiger partial charge in [0.1, 0.15) is 6.67 Å². The van der Waals surface area contributed by atoms with Crippen molar-refractivity contribution in [2.75, 3.05) is 26.2 Å². The minimum Gasteiger partial charge on any atom is -0.375 e. The zero-order chi connectivity index (χ0) is 12.7. The van der Waals surface area contributed by atoms with Crippen LogP contribution in [0.15, 0.2) is 29.2 Å². The lowest BCUT2D eigenvalue weighted by Gasteiger charge is -2.20. The molecule has 0 amide bonds. The number of methoxy groups -OCH3 is 1. The smallest absolute Gasteiger partial charge is 0.107 e. The van der Waals surface area contributed by atoms with E-state index in [9.17, 15) is 8.78 Å². The van der Waals surface area contributed by atoms with Crippen molar-refractivity contribution >= 4 is 11.8 Å². The molecule has 0 aliphatic heterocycles. The van der Waals surface area contributed by atoms with Gasteiger partial charge in [-0.15, -0.1) is 11.8 Å². The molecule has 0 spiro atoms. The van der Waals surface area contributed by atoms with Gasteiger partial charge in [-0.05, 0) is 17.7 Å². The van der Waals surface area contributed by atoms with E-state index in [1.807, 2.05) is 24.3 Å². The van der Waals surface area contributed by atoms with Crippen LogP contribution in [0.1, 0.15) is 11.7 Å². The molecule has 0 aromatic heterocycles. The van der Waals surface area contributed by atoms with Crippen molar-refractivity contribution in [3.63, 3.8) is 0 Å². The van der Waals surface area contributed by atoms with Gasteiger partial charge >= 0.3 is 0 Å². The number of benzene rings is 1. The summed E-state index contributed by atoms with van der Waals surface area (Å²) in [7, 11) is 1.51. The van der Waals surface area contributed by atoms with Crippen LogP contribution >= 0.6 is 11.8 Å². The Labute approximate surface area is 105 Å². The molecule has 0 aliphatic carbocycles. The number of hydrogen-bond acceptors (Lipinski definition) is 3.